The first kappa shape index (κ1) is 16.0. The predicted octanol–water partition coefficient (Wildman–Crippen LogP) is 5.20. The van der Waals surface area contributed by atoms with E-state index in [9.17, 15) is 0 Å². The molecule has 0 amide bonds. The van der Waals surface area contributed by atoms with E-state index < -0.39 is 0 Å². The minimum atomic E-state index is 0.577. The van der Waals surface area contributed by atoms with E-state index in [-0.39, 0.29) is 0 Å². The Morgan fingerprint density at radius 2 is 1.86 bits per heavy atom. The number of benzene rings is 1. The van der Waals surface area contributed by atoms with Gasteiger partial charge < -0.3 is 5.32 Å². The molecule has 1 aliphatic heterocycles. The van der Waals surface area contributed by atoms with E-state index in [1.54, 1.807) is 0 Å². The Kier molecular flexibility index (Phi) is 5.17. The zero-order chi connectivity index (χ0) is 15.5. The third kappa shape index (κ3) is 3.53. The topological polar surface area (TPSA) is 24.9 Å². The first-order valence-corrected chi connectivity index (χ1v) is 9.33. The van der Waals surface area contributed by atoms with E-state index in [1.165, 1.54) is 17.8 Å². The second-order valence-electron chi connectivity index (χ2n) is 6.44. The SMILES string of the molecule is CC(C)C(c1nc(-c2ccc(Cl)cc2)cs1)C1CCNCC1. The Labute approximate surface area is 141 Å². The van der Waals surface area contributed by atoms with Crippen molar-refractivity contribution in [3.8, 4) is 11.3 Å². The van der Waals surface area contributed by atoms with Gasteiger partial charge in [0.2, 0.25) is 0 Å². The first-order valence-electron chi connectivity index (χ1n) is 8.07. The van der Waals surface area contributed by atoms with E-state index in [1.807, 2.05) is 23.5 Å². The van der Waals surface area contributed by atoms with Crippen LogP contribution < -0.4 is 5.32 Å². The molecule has 0 aliphatic carbocycles. The number of hydrogen-bond donors (Lipinski definition) is 1. The molecule has 3 rings (SSSR count). The van der Waals surface area contributed by atoms with Crippen molar-refractivity contribution in [1.82, 2.24) is 10.3 Å². The summed E-state index contributed by atoms with van der Waals surface area (Å²) >= 11 is 7.79. The molecule has 1 aromatic heterocycles. The molecule has 0 radical (unpaired) electrons. The zero-order valence-electron chi connectivity index (χ0n) is 13.2. The molecule has 0 bridgehead atoms. The number of piperidine rings is 1. The lowest BCUT2D eigenvalue weighted by atomic mass is 9.78. The van der Waals surface area contributed by atoms with E-state index >= 15 is 0 Å². The van der Waals surface area contributed by atoms with Gasteiger partial charge in [0.1, 0.15) is 0 Å². The van der Waals surface area contributed by atoms with Crippen LogP contribution in [0.1, 0.15) is 37.6 Å². The molecule has 2 heterocycles. The van der Waals surface area contributed by atoms with Crippen molar-refractivity contribution in [3.05, 3.63) is 39.7 Å². The molecular weight excluding hydrogens is 312 g/mol. The summed E-state index contributed by atoms with van der Waals surface area (Å²) in [7, 11) is 0. The maximum absolute atomic E-state index is 5.97. The average Bonchev–Trinajstić information content (AvgIpc) is 2.98. The summed E-state index contributed by atoms with van der Waals surface area (Å²) in [6.07, 6.45) is 2.53. The van der Waals surface area contributed by atoms with Crippen molar-refractivity contribution < 1.29 is 0 Å². The predicted molar refractivity (Wildman–Crippen MR) is 95.7 cm³/mol. The monoisotopic (exact) mass is 334 g/mol. The Balaban J connectivity index is 1.84. The number of aromatic nitrogens is 1. The van der Waals surface area contributed by atoms with Gasteiger partial charge in [0.25, 0.3) is 0 Å². The van der Waals surface area contributed by atoms with Crippen molar-refractivity contribution in [3.63, 3.8) is 0 Å². The lowest BCUT2D eigenvalue weighted by Gasteiger charge is -2.32. The van der Waals surface area contributed by atoms with Gasteiger partial charge in [0.15, 0.2) is 0 Å². The molecule has 1 saturated heterocycles. The molecule has 1 aromatic carbocycles. The van der Waals surface area contributed by atoms with Gasteiger partial charge in [0.05, 0.1) is 10.7 Å². The minimum Gasteiger partial charge on any atom is -0.317 e. The van der Waals surface area contributed by atoms with Gasteiger partial charge in [-0.25, -0.2) is 4.98 Å². The van der Waals surface area contributed by atoms with E-state index in [4.69, 9.17) is 16.6 Å². The van der Waals surface area contributed by atoms with Gasteiger partial charge in [-0.15, -0.1) is 11.3 Å². The lowest BCUT2D eigenvalue weighted by Crippen LogP contribution is -2.32. The third-order valence-corrected chi connectivity index (χ3v) is 5.76. The number of nitrogens with zero attached hydrogens (tertiary/aromatic N) is 1. The van der Waals surface area contributed by atoms with Crippen LogP contribution in [0, 0.1) is 11.8 Å². The molecule has 1 atom stereocenters. The molecule has 22 heavy (non-hydrogen) atoms. The Morgan fingerprint density at radius 3 is 2.50 bits per heavy atom. The Bertz CT molecular complexity index is 600. The summed E-state index contributed by atoms with van der Waals surface area (Å²) in [6.45, 7) is 6.94. The number of nitrogens with one attached hydrogen (secondary N) is 1. The van der Waals surface area contributed by atoms with E-state index in [0.29, 0.717) is 11.8 Å². The van der Waals surface area contributed by atoms with Gasteiger partial charge in [-0.1, -0.05) is 37.6 Å². The van der Waals surface area contributed by atoms with Crippen LogP contribution in [0.4, 0.5) is 0 Å². The summed E-state index contributed by atoms with van der Waals surface area (Å²) in [6, 6.07) is 7.97. The largest absolute Gasteiger partial charge is 0.317 e. The maximum Gasteiger partial charge on any atom is 0.0968 e. The lowest BCUT2D eigenvalue weighted by molar-refractivity contribution is 0.271. The average molecular weight is 335 g/mol. The number of thiazole rings is 1. The summed E-state index contributed by atoms with van der Waals surface area (Å²) in [5, 5.41) is 7.73. The second kappa shape index (κ2) is 7.12. The van der Waals surface area contributed by atoms with Gasteiger partial charge in [-0.05, 0) is 49.9 Å². The molecule has 4 heteroatoms. The quantitative estimate of drug-likeness (QED) is 0.830. The minimum absolute atomic E-state index is 0.577. The Morgan fingerprint density at radius 1 is 1.18 bits per heavy atom. The summed E-state index contributed by atoms with van der Waals surface area (Å²) in [5.74, 6) is 1.96. The molecule has 1 unspecified atom stereocenters. The Hall–Kier alpha value is -0.900. The van der Waals surface area contributed by atoms with Gasteiger partial charge in [0, 0.05) is 21.9 Å². The van der Waals surface area contributed by atoms with Crippen LogP contribution in [-0.4, -0.2) is 18.1 Å². The van der Waals surface area contributed by atoms with Gasteiger partial charge in [-0.3, -0.25) is 0 Å². The number of rotatable bonds is 4. The second-order valence-corrected chi connectivity index (χ2v) is 7.76. The fraction of sp³-hybridized carbons (Fsp3) is 0.500. The highest BCUT2D eigenvalue weighted by Gasteiger charge is 2.29. The highest BCUT2D eigenvalue weighted by molar-refractivity contribution is 7.10. The normalized spacial score (nSPS) is 17.8. The molecule has 0 spiro atoms. The standard InChI is InChI=1S/C18H23ClN2S/c1-12(2)17(14-7-9-20-10-8-14)18-21-16(11-22-18)13-3-5-15(19)6-4-13/h3-6,11-12,14,17,20H,7-10H2,1-2H3. The van der Waals surface area contributed by atoms with Crippen molar-refractivity contribution in [2.45, 2.75) is 32.6 Å². The molecule has 2 aromatic rings. The third-order valence-electron chi connectivity index (χ3n) is 4.56. The van der Waals surface area contributed by atoms with E-state index in [2.05, 4.69) is 36.7 Å². The molecule has 0 saturated carbocycles. The fourth-order valence-electron chi connectivity index (χ4n) is 3.43. The molecule has 1 fully saturated rings. The number of halogens is 1. The van der Waals surface area contributed by atoms with Crippen LogP contribution in [-0.2, 0) is 0 Å². The molecule has 118 valence electrons. The summed E-state index contributed by atoms with van der Waals surface area (Å²) < 4.78 is 0. The molecule has 1 N–H and O–H groups in total. The highest BCUT2D eigenvalue weighted by Crippen LogP contribution is 2.39. The van der Waals surface area contributed by atoms with Gasteiger partial charge >= 0.3 is 0 Å². The van der Waals surface area contributed by atoms with Crippen LogP contribution in [0.3, 0.4) is 0 Å². The van der Waals surface area contributed by atoms with Gasteiger partial charge in [-0.2, -0.15) is 0 Å². The first-order chi connectivity index (χ1) is 10.6. The van der Waals surface area contributed by atoms with Crippen molar-refractivity contribution in [1.29, 1.82) is 0 Å². The van der Waals surface area contributed by atoms with Crippen LogP contribution in [0.15, 0.2) is 29.6 Å². The van der Waals surface area contributed by atoms with Crippen molar-refractivity contribution in [2.24, 2.45) is 11.8 Å². The smallest absolute Gasteiger partial charge is 0.0968 e. The van der Waals surface area contributed by atoms with Crippen LogP contribution in [0.5, 0.6) is 0 Å². The molecule has 1 aliphatic rings. The van der Waals surface area contributed by atoms with E-state index in [0.717, 1.165) is 35.3 Å². The number of hydrogen-bond acceptors (Lipinski definition) is 3. The summed E-state index contributed by atoms with van der Waals surface area (Å²) in [4.78, 5) is 4.96. The van der Waals surface area contributed by atoms with Crippen LogP contribution in [0.25, 0.3) is 11.3 Å². The van der Waals surface area contributed by atoms with Crippen molar-refractivity contribution >= 4 is 22.9 Å². The maximum atomic E-state index is 5.97. The zero-order valence-corrected chi connectivity index (χ0v) is 14.8. The highest BCUT2D eigenvalue weighted by atomic mass is 35.5. The fourth-order valence-corrected chi connectivity index (χ4v) is 4.75. The molecular formula is C18H23ClN2S. The summed E-state index contributed by atoms with van der Waals surface area (Å²) in [5.41, 5.74) is 2.23. The molecule has 2 nitrogen and oxygen atoms in total. The van der Waals surface area contributed by atoms with Crippen molar-refractivity contribution in [2.75, 3.05) is 13.1 Å². The van der Waals surface area contributed by atoms with Crippen LogP contribution >= 0.6 is 22.9 Å². The van der Waals surface area contributed by atoms with Crippen LogP contribution in [0.2, 0.25) is 5.02 Å².